The molecule has 0 aliphatic carbocycles. The van der Waals surface area contributed by atoms with Crippen molar-refractivity contribution in [3.8, 4) is 0 Å². The zero-order chi connectivity index (χ0) is 14.7. The van der Waals surface area contributed by atoms with Gasteiger partial charge in [-0.05, 0) is 16.9 Å². The quantitative estimate of drug-likeness (QED) is 0.605. The summed E-state index contributed by atoms with van der Waals surface area (Å²) in [6.45, 7) is 3.32. The van der Waals surface area contributed by atoms with Gasteiger partial charge in [0, 0.05) is 6.07 Å². The maximum absolute atomic E-state index is 11.9. The van der Waals surface area contributed by atoms with Gasteiger partial charge in [0.1, 0.15) is 6.04 Å². The molecule has 0 spiro atoms. The molecule has 2 N–H and O–H groups in total. The number of carboxylic acids is 1. The van der Waals surface area contributed by atoms with Crippen molar-refractivity contribution in [2.24, 2.45) is 13.0 Å². The summed E-state index contributed by atoms with van der Waals surface area (Å²) in [5, 5.41) is 22.0. The molecule has 0 aromatic carbocycles. The lowest BCUT2D eigenvalue weighted by atomic mass is 10.0. The Morgan fingerprint density at radius 3 is 2.37 bits per heavy atom. The van der Waals surface area contributed by atoms with Crippen LogP contribution in [-0.2, 0) is 11.8 Å². The van der Waals surface area contributed by atoms with E-state index in [2.05, 4.69) is 5.32 Å². The van der Waals surface area contributed by atoms with E-state index < -0.39 is 22.8 Å². The van der Waals surface area contributed by atoms with E-state index in [-0.39, 0.29) is 17.4 Å². The molecule has 8 nitrogen and oxygen atoms in total. The normalized spacial score (nSPS) is 12.2. The molecule has 19 heavy (non-hydrogen) atoms. The van der Waals surface area contributed by atoms with E-state index in [1.807, 2.05) is 0 Å². The van der Waals surface area contributed by atoms with Crippen LogP contribution in [0.4, 0.5) is 5.82 Å². The van der Waals surface area contributed by atoms with Gasteiger partial charge in [0.05, 0.1) is 7.05 Å². The van der Waals surface area contributed by atoms with Gasteiger partial charge in [-0.3, -0.25) is 4.79 Å². The molecule has 1 rings (SSSR count). The van der Waals surface area contributed by atoms with Crippen LogP contribution in [0.25, 0.3) is 0 Å². The average molecular weight is 269 g/mol. The third-order valence-corrected chi connectivity index (χ3v) is 2.73. The summed E-state index contributed by atoms with van der Waals surface area (Å²) in [6.07, 6.45) is 0. The molecule has 1 atom stereocenters. The molecule has 0 fully saturated rings. The summed E-state index contributed by atoms with van der Waals surface area (Å²) in [5.41, 5.74) is 0.0404. The molecule has 1 amide bonds. The van der Waals surface area contributed by atoms with E-state index >= 15 is 0 Å². The second kappa shape index (κ2) is 5.51. The van der Waals surface area contributed by atoms with Crippen LogP contribution in [0.2, 0.25) is 0 Å². The van der Waals surface area contributed by atoms with Crippen LogP contribution in [0.1, 0.15) is 24.3 Å². The molecule has 104 valence electrons. The number of carboxylic acid groups (broad SMARTS) is 1. The summed E-state index contributed by atoms with van der Waals surface area (Å²) in [7, 11) is 1.37. The number of hydrogen-bond donors (Lipinski definition) is 2. The summed E-state index contributed by atoms with van der Waals surface area (Å²) in [6, 6.07) is 1.44. The van der Waals surface area contributed by atoms with Gasteiger partial charge < -0.3 is 20.5 Å². The summed E-state index contributed by atoms with van der Waals surface area (Å²) < 4.78 is 1.11. The molecule has 0 saturated heterocycles. The topological polar surface area (TPSA) is 114 Å². The third kappa shape index (κ3) is 3.09. The second-order valence-corrected chi connectivity index (χ2v) is 4.43. The van der Waals surface area contributed by atoms with E-state index in [0.29, 0.717) is 0 Å². The molecule has 1 aromatic rings. The summed E-state index contributed by atoms with van der Waals surface area (Å²) in [5.74, 6) is -2.33. The third-order valence-electron chi connectivity index (χ3n) is 2.73. The van der Waals surface area contributed by atoms with Crippen LogP contribution in [0.3, 0.4) is 0 Å². The standard InChI is InChI=1S/C11H15N3O5/c1-6(2)9(11(16)17)12-10(15)7-4-5-8(13(7)3)14(18)19/h4-6,9H,1-3H3,(H,12,15)(H,16,17). The zero-order valence-corrected chi connectivity index (χ0v) is 10.8. The Labute approximate surface area is 109 Å². The Morgan fingerprint density at radius 1 is 1.42 bits per heavy atom. The predicted molar refractivity (Wildman–Crippen MR) is 65.8 cm³/mol. The fourth-order valence-electron chi connectivity index (χ4n) is 1.64. The number of hydrogen-bond acceptors (Lipinski definition) is 4. The minimum atomic E-state index is -1.15. The van der Waals surface area contributed by atoms with Gasteiger partial charge in [-0.15, -0.1) is 0 Å². The van der Waals surface area contributed by atoms with E-state index in [1.54, 1.807) is 13.8 Å². The van der Waals surface area contributed by atoms with Crippen molar-refractivity contribution in [1.29, 1.82) is 0 Å². The number of carbonyl (C=O) groups excluding carboxylic acids is 1. The van der Waals surface area contributed by atoms with Crippen LogP contribution >= 0.6 is 0 Å². The molecular weight excluding hydrogens is 254 g/mol. The fourth-order valence-corrected chi connectivity index (χ4v) is 1.64. The smallest absolute Gasteiger partial charge is 0.326 e. The first kappa shape index (κ1) is 14.7. The van der Waals surface area contributed by atoms with Crippen molar-refractivity contribution < 1.29 is 19.6 Å². The Bertz CT molecular complexity index is 520. The Kier molecular flexibility index (Phi) is 4.26. The lowest BCUT2D eigenvalue weighted by Crippen LogP contribution is -2.44. The number of aromatic nitrogens is 1. The van der Waals surface area contributed by atoms with Crippen molar-refractivity contribution in [3.63, 3.8) is 0 Å². The number of nitrogens with one attached hydrogen (secondary N) is 1. The number of rotatable bonds is 5. The first-order valence-corrected chi connectivity index (χ1v) is 5.59. The van der Waals surface area contributed by atoms with Crippen LogP contribution in [0.5, 0.6) is 0 Å². The average Bonchev–Trinajstić information content (AvgIpc) is 2.66. The van der Waals surface area contributed by atoms with E-state index in [4.69, 9.17) is 5.11 Å². The van der Waals surface area contributed by atoms with E-state index in [0.717, 1.165) is 4.57 Å². The van der Waals surface area contributed by atoms with Gasteiger partial charge in [0.2, 0.25) is 0 Å². The van der Waals surface area contributed by atoms with E-state index in [9.17, 15) is 19.7 Å². The second-order valence-electron chi connectivity index (χ2n) is 4.43. The van der Waals surface area contributed by atoms with Crippen molar-refractivity contribution in [3.05, 3.63) is 27.9 Å². The lowest BCUT2D eigenvalue weighted by Gasteiger charge is -2.17. The van der Waals surface area contributed by atoms with Crippen molar-refractivity contribution >= 4 is 17.7 Å². The van der Waals surface area contributed by atoms with Crippen molar-refractivity contribution in [2.45, 2.75) is 19.9 Å². The molecule has 0 bridgehead atoms. The van der Waals surface area contributed by atoms with Gasteiger partial charge in [0.25, 0.3) is 5.91 Å². The Morgan fingerprint density at radius 2 is 2.00 bits per heavy atom. The fraction of sp³-hybridized carbons (Fsp3) is 0.455. The molecule has 1 unspecified atom stereocenters. The molecular formula is C11H15N3O5. The molecule has 1 heterocycles. The first-order valence-electron chi connectivity index (χ1n) is 5.59. The maximum Gasteiger partial charge on any atom is 0.326 e. The molecule has 0 radical (unpaired) electrons. The Balaban J connectivity index is 2.95. The maximum atomic E-state index is 11.9. The highest BCUT2D eigenvalue weighted by Gasteiger charge is 2.27. The lowest BCUT2D eigenvalue weighted by molar-refractivity contribution is -0.391. The van der Waals surface area contributed by atoms with E-state index in [1.165, 1.54) is 19.2 Å². The van der Waals surface area contributed by atoms with Crippen LogP contribution in [0.15, 0.2) is 12.1 Å². The van der Waals surface area contributed by atoms with Crippen LogP contribution < -0.4 is 5.32 Å². The van der Waals surface area contributed by atoms with Crippen LogP contribution in [-0.4, -0.2) is 32.5 Å². The van der Waals surface area contributed by atoms with Gasteiger partial charge in [0.15, 0.2) is 5.69 Å². The molecule has 0 aliphatic heterocycles. The summed E-state index contributed by atoms with van der Waals surface area (Å²) in [4.78, 5) is 32.9. The molecule has 1 aromatic heterocycles. The predicted octanol–water partition coefficient (Wildman–Crippen LogP) is 0.772. The highest BCUT2D eigenvalue weighted by Crippen LogP contribution is 2.15. The first-order chi connectivity index (χ1) is 8.75. The highest BCUT2D eigenvalue weighted by atomic mass is 16.6. The minimum Gasteiger partial charge on any atom is -0.480 e. The SMILES string of the molecule is CC(C)C(NC(=O)c1ccc([N+](=O)[O-])n1C)C(=O)O. The molecule has 8 heteroatoms. The van der Waals surface area contributed by atoms with Gasteiger partial charge in [-0.1, -0.05) is 13.8 Å². The van der Waals surface area contributed by atoms with Gasteiger partial charge in [-0.25, -0.2) is 9.36 Å². The summed E-state index contributed by atoms with van der Waals surface area (Å²) >= 11 is 0. The number of nitrogens with zero attached hydrogens (tertiary/aromatic N) is 2. The van der Waals surface area contributed by atoms with Crippen molar-refractivity contribution in [1.82, 2.24) is 9.88 Å². The number of carbonyl (C=O) groups is 2. The molecule has 0 saturated carbocycles. The largest absolute Gasteiger partial charge is 0.480 e. The minimum absolute atomic E-state index is 0.0404. The zero-order valence-electron chi connectivity index (χ0n) is 10.8. The number of amides is 1. The van der Waals surface area contributed by atoms with Crippen molar-refractivity contribution in [2.75, 3.05) is 0 Å². The monoisotopic (exact) mass is 269 g/mol. The highest BCUT2D eigenvalue weighted by molar-refractivity contribution is 5.95. The molecule has 0 aliphatic rings. The Hall–Kier alpha value is -2.38. The number of nitro groups is 1. The van der Waals surface area contributed by atoms with Gasteiger partial charge in [-0.2, -0.15) is 0 Å². The number of aliphatic carboxylic acids is 1. The van der Waals surface area contributed by atoms with Crippen LogP contribution in [0, 0.1) is 16.0 Å². The van der Waals surface area contributed by atoms with Gasteiger partial charge >= 0.3 is 11.8 Å².